The van der Waals surface area contributed by atoms with Crippen LogP contribution >= 0.6 is 0 Å². The van der Waals surface area contributed by atoms with Gasteiger partial charge >= 0.3 is 0 Å². The number of methoxy groups -OCH3 is 2. The number of rotatable bonds is 4. The van der Waals surface area contributed by atoms with Crippen LogP contribution in [-0.2, 0) is 0 Å². The van der Waals surface area contributed by atoms with Crippen LogP contribution in [0.15, 0.2) is 48.6 Å². The molecule has 3 atom stereocenters. The maximum Gasteiger partial charge on any atom is 0.269 e. The summed E-state index contributed by atoms with van der Waals surface area (Å²) in [7, 11) is 3.30. The molecule has 6 heteroatoms. The number of allylic oxidation sites excluding steroid dienone is 2. The molecule has 1 aliphatic heterocycles. The summed E-state index contributed by atoms with van der Waals surface area (Å²) in [6.45, 7) is 0. The second-order valence-electron chi connectivity index (χ2n) is 6.62. The smallest absolute Gasteiger partial charge is 0.269 e. The zero-order valence-electron chi connectivity index (χ0n) is 14.6. The van der Waals surface area contributed by atoms with Gasteiger partial charge in [-0.3, -0.25) is 10.1 Å². The number of nitrogens with one attached hydrogen (secondary N) is 1. The van der Waals surface area contributed by atoms with Crippen molar-refractivity contribution in [3.8, 4) is 11.5 Å². The van der Waals surface area contributed by atoms with Crippen molar-refractivity contribution in [1.82, 2.24) is 0 Å². The summed E-state index contributed by atoms with van der Waals surface area (Å²) in [5.74, 6) is 2.12. The highest BCUT2D eigenvalue weighted by Crippen LogP contribution is 2.53. The molecule has 0 amide bonds. The first-order valence-corrected chi connectivity index (χ1v) is 8.56. The minimum Gasteiger partial charge on any atom is -0.497 e. The second kappa shape index (κ2) is 6.37. The maximum absolute atomic E-state index is 10.9. The number of nitro benzene ring substituents is 1. The fourth-order valence-corrected chi connectivity index (χ4v) is 4.05. The number of nitro groups is 1. The monoisotopic (exact) mass is 352 g/mol. The standard InChI is InChI=1S/C20H20N2O4/c1-25-14-10-17-15-4-3-5-16(15)19(21-20(17)18(11-14)26-2)12-6-8-13(9-7-12)22(23)24/h3-4,6-11,15-16,19,21H,5H2,1-2H3/t15-,16-,19-/m0/s1. The lowest BCUT2D eigenvalue weighted by Gasteiger charge is -2.38. The Bertz CT molecular complexity index is 876. The van der Waals surface area contributed by atoms with Crippen molar-refractivity contribution < 1.29 is 14.4 Å². The van der Waals surface area contributed by atoms with E-state index in [-0.39, 0.29) is 22.6 Å². The highest BCUT2D eigenvalue weighted by atomic mass is 16.6. The van der Waals surface area contributed by atoms with E-state index in [2.05, 4.69) is 23.5 Å². The topological polar surface area (TPSA) is 73.6 Å². The molecule has 0 bridgehead atoms. The molecule has 1 N–H and O–H groups in total. The average Bonchev–Trinajstić information content (AvgIpc) is 3.16. The van der Waals surface area contributed by atoms with Gasteiger partial charge in [0.05, 0.1) is 30.9 Å². The van der Waals surface area contributed by atoms with E-state index < -0.39 is 0 Å². The van der Waals surface area contributed by atoms with Gasteiger partial charge in [-0.1, -0.05) is 24.3 Å². The third-order valence-corrected chi connectivity index (χ3v) is 5.32. The highest BCUT2D eigenvalue weighted by molar-refractivity contribution is 5.70. The van der Waals surface area contributed by atoms with E-state index in [1.54, 1.807) is 26.4 Å². The number of benzene rings is 2. The van der Waals surface area contributed by atoms with Gasteiger partial charge in [0, 0.05) is 24.1 Å². The molecule has 2 aromatic rings. The zero-order chi connectivity index (χ0) is 18.3. The summed E-state index contributed by atoms with van der Waals surface area (Å²) in [5.41, 5.74) is 3.27. The van der Waals surface area contributed by atoms with Gasteiger partial charge in [0.25, 0.3) is 5.69 Å². The minimum atomic E-state index is -0.372. The second-order valence-corrected chi connectivity index (χ2v) is 6.62. The number of fused-ring (bicyclic) bond motifs is 3. The van der Waals surface area contributed by atoms with Crippen molar-refractivity contribution in [3.05, 3.63) is 69.8 Å². The fourth-order valence-electron chi connectivity index (χ4n) is 4.05. The molecule has 0 aromatic heterocycles. The minimum absolute atomic E-state index is 0.0607. The number of hydrogen-bond acceptors (Lipinski definition) is 5. The van der Waals surface area contributed by atoms with E-state index in [1.807, 2.05) is 18.2 Å². The third-order valence-electron chi connectivity index (χ3n) is 5.32. The lowest BCUT2D eigenvalue weighted by atomic mass is 9.77. The van der Waals surface area contributed by atoms with Crippen molar-refractivity contribution in [2.45, 2.75) is 18.4 Å². The first kappa shape index (κ1) is 16.4. The largest absolute Gasteiger partial charge is 0.497 e. The van der Waals surface area contributed by atoms with Crippen LogP contribution in [0.1, 0.15) is 29.5 Å². The van der Waals surface area contributed by atoms with E-state index in [1.165, 1.54) is 0 Å². The predicted molar refractivity (Wildman–Crippen MR) is 99.0 cm³/mol. The molecule has 6 nitrogen and oxygen atoms in total. The summed E-state index contributed by atoms with van der Waals surface area (Å²) in [5, 5.41) is 14.5. The van der Waals surface area contributed by atoms with Crippen LogP contribution in [-0.4, -0.2) is 19.1 Å². The average molecular weight is 352 g/mol. The quantitative estimate of drug-likeness (QED) is 0.500. The summed E-state index contributed by atoms with van der Waals surface area (Å²) in [4.78, 5) is 10.6. The molecule has 0 radical (unpaired) electrons. The number of anilines is 1. The molecule has 1 heterocycles. The Balaban J connectivity index is 1.77. The fraction of sp³-hybridized carbons (Fsp3) is 0.300. The summed E-state index contributed by atoms with van der Waals surface area (Å²) >= 11 is 0. The van der Waals surface area contributed by atoms with Crippen LogP contribution in [0.5, 0.6) is 11.5 Å². The van der Waals surface area contributed by atoms with Crippen molar-refractivity contribution >= 4 is 11.4 Å². The van der Waals surface area contributed by atoms with Crippen LogP contribution in [0.2, 0.25) is 0 Å². The maximum atomic E-state index is 10.9. The Hall–Kier alpha value is -3.02. The van der Waals surface area contributed by atoms with E-state index in [0.29, 0.717) is 5.92 Å². The van der Waals surface area contributed by atoms with Crippen LogP contribution in [0.4, 0.5) is 11.4 Å². The SMILES string of the molecule is COc1cc(OC)c2c(c1)[C@H]1C=CC[C@@H]1[C@H](c1ccc([N+](=O)[O-])cc1)N2. The van der Waals surface area contributed by atoms with Gasteiger partial charge in [0.2, 0.25) is 0 Å². The lowest BCUT2D eigenvalue weighted by Crippen LogP contribution is -2.29. The first-order valence-electron chi connectivity index (χ1n) is 8.56. The van der Waals surface area contributed by atoms with Gasteiger partial charge in [-0.05, 0) is 29.5 Å². The molecule has 0 saturated carbocycles. The van der Waals surface area contributed by atoms with E-state index in [0.717, 1.165) is 34.7 Å². The summed E-state index contributed by atoms with van der Waals surface area (Å²) in [6.07, 6.45) is 5.40. The van der Waals surface area contributed by atoms with Crippen molar-refractivity contribution in [2.24, 2.45) is 5.92 Å². The van der Waals surface area contributed by atoms with Crippen LogP contribution < -0.4 is 14.8 Å². The van der Waals surface area contributed by atoms with Gasteiger partial charge in [-0.25, -0.2) is 0 Å². The van der Waals surface area contributed by atoms with Gasteiger partial charge in [-0.2, -0.15) is 0 Å². The van der Waals surface area contributed by atoms with Crippen LogP contribution in [0.25, 0.3) is 0 Å². The van der Waals surface area contributed by atoms with Gasteiger partial charge in [0.1, 0.15) is 11.5 Å². The van der Waals surface area contributed by atoms with E-state index in [9.17, 15) is 10.1 Å². The van der Waals surface area contributed by atoms with Crippen LogP contribution in [0.3, 0.4) is 0 Å². The molecule has 0 spiro atoms. The molecule has 0 fully saturated rings. The summed E-state index contributed by atoms with van der Waals surface area (Å²) in [6, 6.07) is 10.8. The zero-order valence-corrected chi connectivity index (χ0v) is 14.6. The number of ether oxygens (including phenoxy) is 2. The first-order chi connectivity index (χ1) is 12.6. The molecule has 0 unspecified atom stereocenters. The van der Waals surface area contributed by atoms with E-state index >= 15 is 0 Å². The highest BCUT2D eigenvalue weighted by Gasteiger charge is 2.39. The Morgan fingerprint density at radius 1 is 1.15 bits per heavy atom. The molecular weight excluding hydrogens is 332 g/mol. The van der Waals surface area contributed by atoms with Crippen molar-refractivity contribution in [1.29, 1.82) is 0 Å². The van der Waals surface area contributed by atoms with Crippen LogP contribution in [0, 0.1) is 16.0 Å². The Morgan fingerprint density at radius 2 is 1.92 bits per heavy atom. The molecule has 0 saturated heterocycles. The number of non-ortho nitro benzene ring substituents is 1. The van der Waals surface area contributed by atoms with Gasteiger partial charge in [-0.15, -0.1) is 0 Å². The summed E-state index contributed by atoms with van der Waals surface area (Å²) < 4.78 is 11.0. The molecule has 1 aliphatic carbocycles. The van der Waals surface area contributed by atoms with E-state index in [4.69, 9.17) is 9.47 Å². The predicted octanol–water partition coefficient (Wildman–Crippen LogP) is 4.44. The molecule has 26 heavy (non-hydrogen) atoms. The van der Waals surface area contributed by atoms with Crippen molar-refractivity contribution in [3.63, 3.8) is 0 Å². The molecule has 134 valence electrons. The molecule has 2 aromatic carbocycles. The van der Waals surface area contributed by atoms with Gasteiger partial charge < -0.3 is 14.8 Å². The molecular formula is C20H20N2O4. The number of hydrogen-bond donors (Lipinski definition) is 1. The molecule has 4 rings (SSSR count). The van der Waals surface area contributed by atoms with Crippen molar-refractivity contribution in [2.75, 3.05) is 19.5 Å². The third kappa shape index (κ3) is 2.58. The normalized spacial score (nSPS) is 22.9. The molecule has 2 aliphatic rings. The Kier molecular flexibility index (Phi) is 4.03. The Morgan fingerprint density at radius 3 is 2.58 bits per heavy atom. The Labute approximate surface area is 151 Å². The van der Waals surface area contributed by atoms with Gasteiger partial charge in [0.15, 0.2) is 0 Å². The lowest BCUT2D eigenvalue weighted by molar-refractivity contribution is -0.384. The number of nitrogens with zero attached hydrogens (tertiary/aromatic N) is 1.